The van der Waals surface area contributed by atoms with Gasteiger partial charge in [-0.25, -0.2) is 0 Å². The minimum absolute atomic E-state index is 0.110. The van der Waals surface area contributed by atoms with Crippen molar-refractivity contribution >= 4 is 5.97 Å². The van der Waals surface area contributed by atoms with Crippen molar-refractivity contribution in [1.82, 2.24) is 0 Å². The van der Waals surface area contributed by atoms with Crippen molar-refractivity contribution in [2.24, 2.45) is 0 Å². The molecule has 0 aromatic carbocycles. The largest absolute Gasteiger partial charge is 0.463 e. The molecule has 0 saturated heterocycles. The molecular weight excluding hydrogens is 304 g/mol. The molecule has 0 aliphatic rings. The first-order valence-corrected chi connectivity index (χ1v) is 9.80. The molecule has 4 nitrogen and oxygen atoms in total. The lowest BCUT2D eigenvalue weighted by molar-refractivity contribution is -0.147. The van der Waals surface area contributed by atoms with Crippen LogP contribution in [-0.2, 0) is 9.53 Å². The molecule has 142 valence electrons. The van der Waals surface area contributed by atoms with Gasteiger partial charge in [0.1, 0.15) is 12.7 Å². The summed E-state index contributed by atoms with van der Waals surface area (Å²) in [7, 11) is 0. The van der Waals surface area contributed by atoms with Gasteiger partial charge in [0.2, 0.25) is 0 Å². The van der Waals surface area contributed by atoms with E-state index in [1.165, 1.54) is 57.8 Å². The Morgan fingerprint density at radius 3 is 2.04 bits per heavy atom. The van der Waals surface area contributed by atoms with Crippen molar-refractivity contribution in [2.75, 3.05) is 13.2 Å². The van der Waals surface area contributed by atoms with Crippen LogP contribution in [-0.4, -0.2) is 35.5 Å². The third-order valence-corrected chi connectivity index (χ3v) is 4.04. The number of hydrogen-bond acceptors (Lipinski definition) is 4. The second-order valence-electron chi connectivity index (χ2n) is 6.50. The van der Waals surface area contributed by atoms with Crippen LogP contribution in [0.5, 0.6) is 0 Å². The normalized spacial score (nSPS) is 12.6. The first-order valence-electron chi connectivity index (χ1n) is 9.80. The summed E-state index contributed by atoms with van der Waals surface area (Å²) in [4.78, 5) is 11.4. The van der Waals surface area contributed by atoms with E-state index in [-0.39, 0.29) is 19.2 Å². The molecule has 0 fully saturated rings. The highest BCUT2D eigenvalue weighted by Gasteiger charge is 2.07. The minimum atomic E-state index is -0.959. The number of esters is 1. The van der Waals surface area contributed by atoms with Crippen LogP contribution < -0.4 is 0 Å². The molecule has 24 heavy (non-hydrogen) atoms. The number of aliphatic hydroxyl groups is 2. The molecule has 4 heteroatoms. The summed E-state index contributed by atoms with van der Waals surface area (Å²) in [5.41, 5.74) is 0. The zero-order valence-corrected chi connectivity index (χ0v) is 15.5. The van der Waals surface area contributed by atoms with Crippen LogP contribution in [0, 0.1) is 0 Å². The monoisotopic (exact) mass is 342 g/mol. The summed E-state index contributed by atoms with van der Waals surface area (Å²) in [5.74, 6) is -0.286. The van der Waals surface area contributed by atoms with Crippen LogP contribution in [0.4, 0.5) is 0 Å². The molecule has 0 bridgehead atoms. The molecule has 0 rings (SSSR count). The molecule has 1 unspecified atom stereocenters. The Labute approximate surface area is 148 Å². The maximum atomic E-state index is 11.4. The van der Waals surface area contributed by atoms with Crippen molar-refractivity contribution in [1.29, 1.82) is 0 Å². The van der Waals surface area contributed by atoms with E-state index in [1.54, 1.807) is 0 Å². The molecule has 0 aromatic rings. The molecule has 0 aromatic heterocycles. The summed E-state index contributed by atoms with van der Waals surface area (Å²) < 4.78 is 4.85. The van der Waals surface area contributed by atoms with Crippen LogP contribution >= 0.6 is 0 Å². The number of hydrogen-bond donors (Lipinski definition) is 2. The Morgan fingerprint density at radius 2 is 1.46 bits per heavy atom. The number of carbonyl (C=O) groups excluding carboxylic acids is 1. The number of aliphatic hydroxyl groups excluding tert-OH is 2. The molecule has 0 aliphatic heterocycles. The Kier molecular flexibility index (Phi) is 17.8. The Morgan fingerprint density at radius 1 is 0.917 bits per heavy atom. The van der Waals surface area contributed by atoms with E-state index in [0.717, 1.165) is 19.3 Å². The fourth-order valence-electron chi connectivity index (χ4n) is 2.48. The number of allylic oxidation sites excluding steroid dienone is 2. The van der Waals surface area contributed by atoms with Crippen molar-refractivity contribution in [3.05, 3.63) is 12.2 Å². The second kappa shape index (κ2) is 18.5. The Hall–Kier alpha value is -0.870. The molecule has 0 aliphatic carbocycles. The highest BCUT2D eigenvalue weighted by Crippen LogP contribution is 2.10. The topological polar surface area (TPSA) is 66.8 Å². The minimum Gasteiger partial charge on any atom is -0.463 e. The Balaban J connectivity index is 3.22. The maximum Gasteiger partial charge on any atom is 0.305 e. The predicted molar refractivity (Wildman–Crippen MR) is 98.9 cm³/mol. The fourth-order valence-corrected chi connectivity index (χ4v) is 2.48. The number of unbranched alkanes of at least 4 members (excludes halogenated alkanes) is 10. The molecule has 0 amide bonds. The molecule has 1 atom stereocenters. The standard InChI is InChI=1S/C20H38O4/c1-2-3-4-5-6-7-8-9-10-11-12-13-14-15-16-20(23)24-18-19(22)17-21/h7-8,19,21-22H,2-6,9-18H2,1H3/b8-7-. The lowest BCUT2D eigenvalue weighted by Crippen LogP contribution is -2.21. The summed E-state index contributed by atoms with van der Waals surface area (Å²) >= 11 is 0. The molecule has 2 N–H and O–H groups in total. The van der Waals surface area contributed by atoms with Gasteiger partial charge in [0.05, 0.1) is 6.61 Å². The smallest absolute Gasteiger partial charge is 0.305 e. The van der Waals surface area contributed by atoms with Gasteiger partial charge >= 0.3 is 5.97 Å². The zero-order chi connectivity index (χ0) is 17.9. The van der Waals surface area contributed by atoms with Gasteiger partial charge in [-0.2, -0.15) is 0 Å². The van der Waals surface area contributed by atoms with E-state index >= 15 is 0 Å². The average molecular weight is 343 g/mol. The molecule has 0 radical (unpaired) electrons. The van der Waals surface area contributed by atoms with Gasteiger partial charge in [-0.1, -0.05) is 64.0 Å². The number of carbonyl (C=O) groups is 1. The highest BCUT2D eigenvalue weighted by atomic mass is 16.5. The molecular formula is C20H38O4. The van der Waals surface area contributed by atoms with Crippen LogP contribution in [0.3, 0.4) is 0 Å². The van der Waals surface area contributed by atoms with Crippen LogP contribution in [0.1, 0.15) is 90.4 Å². The predicted octanol–water partition coefficient (Wildman–Crippen LogP) is 4.53. The van der Waals surface area contributed by atoms with Crippen LogP contribution in [0.15, 0.2) is 12.2 Å². The average Bonchev–Trinajstić information content (AvgIpc) is 2.59. The molecule has 0 heterocycles. The zero-order valence-electron chi connectivity index (χ0n) is 15.5. The van der Waals surface area contributed by atoms with Crippen LogP contribution in [0.2, 0.25) is 0 Å². The summed E-state index contributed by atoms with van der Waals surface area (Å²) in [6, 6.07) is 0. The number of rotatable bonds is 17. The maximum absolute atomic E-state index is 11.4. The van der Waals surface area contributed by atoms with E-state index in [4.69, 9.17) is 14.9 Å². The highest BCUT2D eigenvalue weighted by molar-refractivity contribution is 5.69. The third kappa shape index (κ3) is 17.5. The van der Waals surface area contributed by atoms with E-state index in [1.807, 2.05) is 0 Å². The van der Waals surface area contributed by atoms with E-state index < -0.39 is 6.10 Å². The van der Waals surface area contributed by atoms with Gasteiger partial charge < -0.3 is 14.9 Å². The van der Waals surface area contributed by atoms with Crippen molar-refractivity contribution < 1.29 is 19.7 Å². The summed E-state index contributed by atoms with van der Waals surface area (Å²) in [6.07, 6.45) is 18.6. The van der Waals surface area contributed by atoms with Gasteiger partial charge in [-0.3, -0.25) is 4.79 Å². The SMILES string of the molecule is CCCCCC/C=C\CCCCCCCCC(=O)OCC(O)CO. The second-order valence-corrected chi connectivity index (χ2v) is 6.50. The lowest BCUT2D eigenvalue weighted by atomic mass is 10.1. The summed E-state index contributed by atoms with van der Waals surface area (Å²) in [6.45, 7) is 1.76. The van der Waals surface area contributed by atoms with E-state index in [9.17, 15) is 4.79 Å². The van der Waals surface area contributed by atoms with Crippen molar-refractivity contribution in [3.8, 4) is 0 Å². The van der Waals surface area contributed by atoms with Crippen molar-refractivity contribution in [3.63, 3.8) is 0 Å². The van der Waals surface area contributed by atoms with Gasteiger partial charge in [-0.15, -0.1) is 0 Å². The van der Waals surface area contributed by atoms with Gasteiger partial charge in [0, 0.05) is 6.42 Å². The first-order chi connectivity index (χ1) is 11.7. The quantitative estimate of drug-likeness (QED) is 0.231. The van der Waals surface area contributed by atoms with Crippen molar-refractivity contribution in [2.45, 2.75) is 96.5 Å². The van der Waals surface area contributed by atoms with Crippen LogP contribution in [0.25, 0.3) is 0 Å². The first kappa shape index (κ1) is 23.1. The van der Waals surface area contributed by atoms with Gasteiger partial charge in [0.15, 0.2) is 0 Å². The summed E-state index contributed by atoms with van der Waals surface area (Å²) in [5, 5.41) is 17.7. The van der Waals surface area contributed by atoms with Gasteiger partial charge in [-0.05, 0) is 32.1 Å². The number of ether oxygens (including phenoxy) is 1. The lowest BCUT2D eigenvalue weighted by Gasteiger charge is -2.08. The fraction of sp³-hybridized carbons (Fsp3) is 0.850. The Bertz CT molecular complexity index is 302. The molecule has 0 spiro atoms. The molecule has 0 saturated carbocycles. The third-order valence-electron chi connectivity index (χ3n) is 4.04. The van der Waals surface area contributed by atoms with Gasteiger partial charge in [0.25, 0.3) is 0 Å². The van der Waals surface area contributed by atoms with E-state index in [0.29, 0.717) is 6.42 Å². The van der Waals surface area contributed by atoms with E-state index in [2.05, 4.69) is 19.1 Å².